The van der Waals surface area contributed by atoms with Crippen molar-refractivity contribution >= 4 is 5.78 Å². The van der Waals surface area contributed by atoms with Gasteiger partial charge in [-0.15, -0.1) is 0 Å². The van der Waals surface area contributed by atoms with Gasteiger partial charge in [0.1, 0.15) is 5.78 Å². The third-order valence-corrected chi connectivity index (χ3v) is 4.87. The quantitative estimate of drug-likeness (QED) is 0.852. The molecular formula is C19H27NO3. The Hall–Kier alpha value is -1.55. The number of nitrogens with zero attached hydrogens (tertiary/aromatic N) is 1. The third-order valence-electron chi connectivity index (χ3n) is 4.87. The van der Waals surface area contributed by atoms with E-state index < -0.39 is 31.9 Å². The van der Waals surface area contributed by atoms with Crippen molar-refractivity contribution in [2.45, 2.75) is 39.0 Å². The number of carbonyl (C=O) groups is 1. The summed E-state index contributed by atoms with van der Waals surface area (Å²) < 4.78 is 64.8. The van der Waals surface area contributed by atoms with Crippen molar-refractivity contribution in [1.29, 1.82) is 0 Å². The first-order chi connectivity index (χ1) is 13.8. The lowest BCUT2D eigenvalue weighted by molar-refractivity contribution is -0.129. The van der Waals surface area contributed by atoms with Gasteiger partial charge in [0.25, 0.3) is 0 Å². The van der Waals surface area contributed by atoms with Crippen LogP contribution in [-0.4, -0.2) is 38.0 Å². The van der Waals surface area contributed by atoms with E-state index in [1.165, 1.54) is 0 Å². The molecule has 1 aromatic rings. The molecule has 1 saturated heterocycles. The minimum Gasteiger partial charge on any atom is -0.493 e. The Morgan fingerprint density at radius 1 is 1.35 bits per heavy atom. The summed E-state index contributed by atoms with van der Waals surface area (Å²) in [4.78, 5) is 15.0. The monoisotopic (exact) mass is 324 g/mol. The van der Waals surface area contributed by atoms with Crippen molar-refractivity contribution in [2.75, 3.05) is 27.3 Å². The van der Waals surface area contributed by atoms with E-state index in [2.05, 4.69) is 4.90 Å². The molecule has 0 saturated carbocycles. The van der Waals surface area contributed by atoms with Crippen LogP contribution in [0, 0.1) is 11.8 Å². The van der Waals surface area contributed by atoms with E-state index in [1.54, 1.807) is 14.2 Å². The minimum absolute atomic E-state index is 0.144. The number of piperidine rings is 1. The summed E-state index contributed by atoms with van der Waals surface area (Å²) in [6.45, 7) is -5.14. The van der Waals surface area contributed by atoms with Gasteiger partial charge in [0, 0.05) is 41.1 Å². The maximum Gasteiger partial charge on any atom is 0.161 e. The van der Waals surface area contributed by atoms with Crippen molar-refractivity contribution in [1.82, 2.24) is 4.90 Å². The van der Waals surface area contributed by atoms with Crippen LogP contribution in [0.3, 0.4) is 0 Å². The molecule has 126 valence electrons. The Labute approximate surface area is 148 Å². The van der Waals surface area contributed by atoms with Crippen molar-refractivity contribution in [3.63, 3.8) is 0 Å². The third kappa shape index (κ3) is 3.09. The van der Waals surface area contributed by atoms with Gasteiger partial charge in [0.2, 0.25) is 0 Å². The molecule has 0 aliphatic carbocycles. The molecule has 0 spiro atoms. The highest BCUT2D eigenvalue weighted by Crippen LogP contribution is 2.42. The number of hydrogen-bond donors (Lipinski definition) is 0. The number of ketones is 1. The normalized spacial score (nSPS) is 30.3. The van der Waals surface area contributed by atoms with E-state index in [1.807, 2.05) is 12.1 Å². The van der Waals surface area contributed by atoms with Gasteiger partial charge in [0.05, 0.1) is 14.2 Å². The highest BCUT2D eigenvalue weighted by atomic mass is 16.5. The van der Waals surface area contributed by atoms with Crippen LogP contribution in [0.4, 0.5) is 0 Å². The molecule has 4 heteroatoms. The van der Waals surface area contributed by atoms with Gasteiger partial charge in [-0.05, 0) is 42.0 Å². The van der Waals surface area contributed by atoms with Crippen molar-refractivity contribution in [3.8, 4) is 11.5 Å². The van der Waals surface area contributed by atoms with Crippen LogP contribution in [0.5, 0.6) is 11.5 Å². The number of rotatable bonds is 4. The minimum atomic E-state index is -3.02. The smallest absolute Gasteiger partial charge is 0.161 e. The summed E-state index contributed by atoms with van der Waals surface area (Å²) in [6, 6.07) is 3.61. The first-order valence-electron chi connectivity index (χ1n) is 11.3. The maximum absolute atomic E-state index is 12.9. The standard InChI is InChI=1S/C19H27NO3/c1-12(2)7-14-11-20-6-5-13-8-18(22-3)19(23-4)9-15(13)16(20)10-17(14)21/h8-9,12,14,16H,5-7,10-11H2,1-4H3/i1D3,2D3,12D. The highest BCUT2D eigenvalue weighted by Gasteiger charge is 2.38. The molecule has 2 atom stereocenters. The second-order valence-corrected chi connectivity index (χ2v) is 6.22. The van der Waals surface area contributed by atoms with Crippen molar-refractivity contribution < 1.29 is 23.9 Å². The van der Waals surface area contributed by atoms with Gasteiger partial charge >= 0.3 is 0 Å². The van der Waals surface area contributed by atoms with Crippen LogP contribution >= 0.6 is 0 Å². The van der Waals surface area contributed by atoms with Crippen LogP contribution in [0.15, 0.2) is 12.1 Å². The lowest BCUT2D eigenvalue weighted by Crippen LogP contribution is -2.46. The van der Waals surface area contributed by atoms with Gasteiger partial charge in [-0.2, -0.15) is 0 Å². The van der Waals surface area contributed by atoms with Crippen LogP contribution in [0.25, 0.3) is 0 Å². The fourth-order valence-electron chi connectivity index (χ4n) is 3.70. The summed E-state index contributed by atoms with van der Waals surface area (Å²) in [5, 5.41) is 0. The van der Waals surface area contributed by atoms with Crippen LogP contribution in [0.2, 0.25) is 0 Å². The van der Waals surface area contributed by atoms with E-state index in [4.69, 9.17) is 19.1 Å². The van der Waals surface area contributed by atoms with Gasteiger partial charge < -0.3 is 9.47 Å². The number of methoxy groups -OCH3 is 2. The summed E-state index contributed by atoms with van der Waals surface area (Å²) >= 11 is 0. The zero-order valence-corrected chi connectivity index (χ0v) is 13.5. The SMILES string of the molecule is [2H]C([2H])([2H])C([2H])(CC1CN2CCc3cc(OC)c(OC)cc3C2CC1=O)C([2H])([2H])[2H]. The van der Waals surface area contributed by atoms with E-state index in [0.29, 0.717) is 18.0 Å². The molecule has 2 aliphatic heterocycles. The average molecular weight is 324 g/mol. The summed E-state index contributed by atoms with van der Waals surface area (Å²) in [5.41, 5.74) is 2.04. The van der Waals surface area contributed by atoms with E-state index in [-0.39, 0.29) is 24.8 Å². The van der Waals surface area contributed by atoms with Crippen LogP contribution in [0.1, 0.15) is 53.3 Å². The van der Waals surface area contributed by atoms with Gasteiger partial charge in [0.15, 0.2) is 11.5 Å². The first kappa shape index (κ1) is 9.67. The van der Waals surface area contributed by atoms with Gasteiger partial charge in [-0.3, -0.25) is 9.69 Å². The molecule has 3 rings (SSSR count). The molecule has 0 N–H and O–H groups in total. The summed E-state index contributed by atoms with van der Waals surface area (Å²) in [7, 11) is 3.11. The summed E-state index contributed by atoms with van der Waals surface area (Å²) in [5.74, 6) is -2.50. The number of fused-ring (bicyclic) bond motifs is 3. The number of benzene rings is 1. The number of hydrogen-bond acceptors (Lipinski definition) is 4. The molecule has 0 aromatic heterocycles. The Balaban J connectivity index is 1.87. The predicted molar refractivity (Wildman–Crippen MR) is 90.1 cm³/mol. The Morgan fingerprint density at radius 2 is 2.09 bits per heavy atom. The van der Waals surface area contributed by atoms with Crippen LogP contribution < -0.4 is 9.47 Å². The molecule has 4 nitrogen and oxygen atoms in total. The fraction of sp³-hybridized carbons (Fsp3) is 0.632. The van der Waals surface area contributed by atoms with E-state index in [0.717, 1.165) is 17.5 Å². The average Bonchev–Trinajstić information content (AvgIpc) is 2.65. The lowest BCUT2D eigenvalue weighted by atomic mass is 9.80. The van der Waals surface area contributed by atoms with E-state index >= 15 is 0 Å². The lowest BCUT2D eigenvalue weighted by Gasteiger charge is -2.43. The van der Waals surface area contributed by atoms with Crippen molar-refractivity contribution in [2.24, 2.45) is 11.8 Å². The fourth-order valence-corrected chi connectivity index (χ4v) is 3.70. The van der Waals surface area contributed by atoms with Gasteiger partial charge in [-0.1, -0.05) is 13.7 Å². The first-order valence-corrected chi connectivity index (χ1v) is 7.84. The number of carbonyl (C=O) groups excluding carboxylic acids is 1. The predicted octanol–water partition coefficient (Wildman–Crippen LogP) is 3.24. The van der Waals surface area contributed by atoms with Crippen molar-refractivity contribution in [3.05, 3.63) is 23.3 Å². The molecule has 0 radical (unpaired) electrons. The summed E-state index contributed by atoms with van der Waals surface area (Å²) in [6.07, 6.45) is 0.351. The van der Waals surface area contributed by atoms with E-state index in [9.17, 15) is 4.79 Å². The zero-order chi connectivity index (χ0) is 22.5. The Morgan fingerprint density at radius 3 is 2.78 bits per heavy atom. The van der Waals surface area contributed by atoms with Crippen LogP contribution in [-0.2, 0) is 11.2 Å². The highest BCUT2D eigenvalue weighted by molar-refractivity contribution is 5.83. The molecule has 1 fully saturated rings. The molecular weight excluding hydrogens is 290 g/mol. The second kappa shape index (κ2) is 6.52. The number of ether oxygens (including phenoxy) is 2. The maximum atomic E-state index is 12.9. The molecule has 0 bridgehead atoms. The number of Topliss-reactive ketones (excluding diaryl/α,β-unsaturated/α-hetero) is 1. The Bertz CT molecular complexity index is 808. The molecule has 0 amide bonds. The Kier molecular flexibility index (Phi) is 2.74. The molecule has 23 heavy (non-hydrogen) atoms. The largest absolute Gasteiger partial charge is 0.493 e. The zero-order valence-electron chi connectivity index (χ0n) is 20.5. The molecule has 1 aromatic carbocycles. The van der Waals surface area contributed by atoms with Gasteiger partial charge in [-0.25, -0.2) is 0 Å². The topological polar surface area (TPSA) is 38.8 Å². The molecule has 2 heterocycles. The molecule has 2 unspecified atom stereocenters. The molecule has 2 aliphatic rings. The second-order valence-electron chi connectivity index (χ2n) is 6.22.